The van der Waals surface area contributed by atoms with Crippen LogP contribution in [-0.4, -0.2) is 45.2 Å². The molecule has 6 nitrogen and oxygen atoms in total. The number of carbonyl (C=O) groups is 1. The molecule has 0 spiro atoms. The largest absolute Gasteiger partial charge is 0.475 e. The Morgan fingerprint density at radius 3 is 2.94 bits per heavy atom. The fraction of sp³-hybridized carbons (Fsp3) is 0.727. The molecule has 1 unspecified atom stereocenters. The van der Waals surface area contributed by atoms with Gasteiger partial charge in [-0.1, -0.05) is 0 Å². The van der Waals surface area contributed by atoms with E-state index in [4.69, 9.17) is 9.63 Å². The summed E-state index contributed by atoms with van der Waals surface area (Å²) in [7, 11) is 0. The molecule has 0 amide bonds. The minimum Gasteiger partial charge on any atom is -0.475 e. The number of aromatic carboxylic acids is 1. The van der Waals surface area contributed by atoms with Gasteiger partial charge in [0.1, 0.15) is 0 Å². The van der Waals surface area contributed by atoms with Gasteiger partial charge in [0, 0.05) is 19.0 Å². The van der Waals surface area contributed by atoms with Crippen LogP contribution in [0.5, 0.6) is 0 Å². The highest BCUT2D eigenvalue weighted by molar-refractivity contribution is 5.82. The fourth-order valence-corrected chi connectivity index (χ4v) is 2.17. The van der Waals surface area contributed by atoms with Crippen molar-refractivity contribution in [3.05, 3.63) is 11.7 Å². The van der Waals surface area contributed by atoms with Crippen LogP contribution in [-0.2, 0) is 6.42 Å². The van der Waals surface area contributed by atoms with Crippen LogP contribution >= 0.6 is 0 Å². The zero-order valence-corrected chi connectivity index (χ0v) is 10.1. The first-order valence-corrected chi connectivity index (χ1v) is 5.86. The molecule has 6 heteroatoms. The van der Waals surface area contributed by atoms with Crippen LogP contribution in [0.2, 0.25) is 0 Å². The summed E-state index contributed by atoms with van der Waals surface area (Å²) in [6.07, 6.45) is 1.77. The van der Waals surface area contributed by atoms with Gasteiger partial charge < -0.3 is 14.5 Å². The molecule has 0 aliphatic carbocycles. The van der Waals surface area contributed by atoms with Crippen LogP contribution in [0.15, 0.2) is 4.52 Å². The van der Waals surface area contributed by atoms with E-state index in [2.05, 4.69) is 28.9 Å². The lowest BCUT2D eigenvalue weighted by atomic mass is 10.1. The van der Waals surface area contributed by atoms with Gasteiger partial charge in [-0.2, -0.15) is 4.98 Å². The van der Waals surface area contributed by atoms with E-state index in [1.54, 1.807) is 0 Å². The van der Waals surface area contributed by atoms with Crippen molar-refractivity contribution < 1.29 is 14.4 Å². The van der Waals surface area contributed by atoms with E-state index in [-0.39, 0.29) is 5.82 Å². The van der Waals surface area contributed by atoms with Gasteiger partial charge in [0.15, 0.2) is 0 Å². The molecule has 1 fully saturated rings. The lowest BCUT2D eigenvalue weighted by molar-refractivity contribution is 0.0680. The summed E-state index contributed by atoms with van der Waals surface area (Å²) in [5.41, 5.74) is 0. The summed E-state index contributed by atoms with van der Waals surface area (Å²) in [4.78, 5) is 16.8. The number of aromatic nitrogens is 2. The maximum Gasteiger partial charge on any atom is 0.377 e. The van der Waals surface area contributed by atoms with E-state index in [0.29, 0.717) is 24.3 Å². The molecule has 94 valence electrons. The molecule has 0 bridgehead atoms. The van der Waals surface area contributed by atoms with E-state index in [0.717, 1.165) is 19.5 Å². The first-order chi connectivity index (χ1) is 8.06. The molecule has 1 aliphatic rings. The summed E-state index contributed by atoms with van der Waals surface area (Å²) in [6.45, 7) is 6.46. The summed E-state index contributed by atoms with van der Waals surface area (Å²) < 4.78 is 4.92. The summed E-state index contributed by atoms with van der Waals surface area (Å²) in [5, 5.41) is 12.1. The Morgan fingerprint density at radius 1 is 1.65 bits per heavy atom. The highest BCUT2D eigenvalue weighted by Gasteiger charge is 2.26. The zero-order valence-electron chi connectivity index (χ0n) is 10.1. The maximum atomic E-state index is 10.6. The number of carboxylic acids is 1. The first-order valence-electron chi connectivity index (χ1n) is 5.86. The Morgan fingerprint density at radius 2 is 2.41 bits per heavy atom. The normalized spacial score (nSPS) is 21.2. The minimum atomic E-state index is -1.14. The average molecular weight is 239 g/mol. The number of carboxylic acid groups (broad SMARTS) is 1. The molecule has 1 aromatic rings. The number of rotatable bonds is 4. The third-order valence-corrected chi connectivity index (χ3v) is 3.17. The molecular weight excluding hydrogens is 222 g/mol. The average Bonchev–Trinajstić information content (AvgIpc) is 2.87. The molecule has 0 saturated carbocycles. The Balaban J connectivity index is 1.91. The predicted molar refractivity (Wildman–Crippen MR) is 59.8 cm³/mol. The first kappa shape index (κ1) is 12.0. The van der Waals surface area contributed by atoms with Crippen molar-refractivity contribution in [2.45, 2.75) is 32.7 Å². The van der Waals surface area contributed by atoms with E-state index in [1.165, 1.54) is 0 Å². The molecule has 1 atom stereocenters. The Kier molecular flexibility index (Phi) is 3.42. The molecule has 1 N–H and O–H groups in total. The van der Waals surface area contributed by atoms with Gasteiger partial charge in [0.05, 0.1) is 0 Å². The van der Waals surface area contributed by atoms with Gasteiger partial charge in [-0.15, -0.1) is 0 Å². The minimum absolute atomic E-state index is 0.251. The molecule has 2 heterocycles. The van der Waals surface area contributed by atoms with Crippen molar-refractivity contribution in [3.8, 4) is 0 Å². The van der Waals surface area contributed by atoms with Crippen LogP contribution < -0.4 is 0 Å². The van der Waals surface area contributed by atoms with E-state index < -0.39 is 5.97 Å². The lowest BCUT2D eigenvalue weighted by Gasteiger charge is -2.19. The van der Waals surface area contributed by atoms with Crippen LogP contribution in [0, 0.1) is 5.92 Å². The Bertz CT molecular complexity index is 402. The number of hydrogen-bond donors (Lipinski definition) is 1. The molecule has 17 heavy (non-hydrogen) atoms. The monoisotopic (exact) mass is 239 g/mol. The molecule has 1 aromatic heterocycles. The number of hydrogen-bond acceptors (Lipinski definition) is 5. The molecule has 0 radical (unpaired) electrons. The van der Waals surface area contributed by atoms with Crippen molar-refractivity contribution in [1.29, 1.82) is 0 Å². The van der Waals surface area contributed by atoms with Gasteiger partial charge in [-0.25, -0.2) is 4.79 Å². The molecule has 1 aliphatic heterocycles. The van der Waals surface area contributed by atoms with Gasteiger partial charge in [0.25, 0.3) is 5.82 Å². The van der Waals surface area contributed by atoms with Crippen molar-refractivity contribution in [2.75, 3.05) is 13.1 Å². The van der Waals surface area contributed by atoms with Crippen LogP contribution in [0.25, 0.3) is 0 Å². The summed E-state index contributed by atoms with van der Waals surface area (Å²) >= 11 is 0. The Hall–Kier alpha value is -1.43. The molecule has 1 saturated heterocycles. The highest BCUT2D eigenvalue weighted by atomic mass is 16.5. The number of nitrogens with zero attached hydrogens (tertiary/aromatic N) is 3. The van der Waals surface area contributed by atoms with Crippen LogP contribution in [0.1, 0.15) is 36.8 Å². The topological polar surface area (TPSA) is 79.5 Å². The third kappa shape index (κ3) is 2.82. The summed E-state index contributed by atoms with van der Waals surface area (Å²) in [5.74, 6) is -0.480. The second kappa shape index (κ2) is 4.83. The highest BCUT2D eigenvalue weighted by Crippen LogP contribution is 2.21. The van der Waals surface area contributed by atoms with Crippen LogP contribution in [0.3, 0.4) is 0 Å². The molecular formula is C11H17N3O3. The van der Waals surface area contributed by atoms with Gasteiger partial charge in [-0.3, -0.25) is 0 Å². The lowest BCUT2D eigenvalue weighted by Crippen LogP contribution is -2.28. The molecule has 0 aromatic carbocycles. The molecule has 2 rings (SSSR count). The zero-order chi connectivity index (χ0) is 12.4. The quantitative estimate of drug-likeness (QED) is 0.845. The Labute approximate surface area is 99.6 Å². The van der Waals surface area contributed by atoms with E-state index >= 15 is 0 Å². The van der Waals surface area contributed by atoms with Gasteiger partial charge >= 0.3 is 5.97 Å². The predicted octanol–water partition coefficient (Wildman–Crippen LogP) is 1.04. The van der Waals surface area contributed by atoms with Crippen molar-refractivity contribution >= 4 is 5.97 Å². The van der Waals surface area contributed by atoms with E-state index in [1.807, 2.05) is 0 Å². The standard InChI is InChI=1S/C11H17N3O3/c1-7(2)14-4-3-8(6-14)5-9-12-10(11(15)16)13-17-9/h7-8H,3-6H2,1-2H3,(H,15,16). The van der Waals surface area contributed by atoms with Gasteiger partial charge in [0.2, 0.25) is 5.89 Å². The third-order valence-electron chi connectivity index (χ3n) is 3.17. The maximum absolute atomic E-state index is 10.6. The van der Waals surface area contributed by atoms with Crippen molar-refractivity contribution in [1.82, 2.24) is 15.0 Å². The van der Waals surface area contributed by atoms with Crippen molar-refractivity contribution in [2.24, 2.45) is 5.92 Å². The second-order valence-electron chi connectivity index (χ2n) is 4.76. The van der Waals surface area contributed by atoms with Gasteiger partial charge in [-0.05, 0) is 37.9 Å². The number of likely N-dealkylation sites (tertiary alicyclic amines) is 1. The summed E-state index contributed by atoms with van der Waals surface area (Å²) in [6, 6.07) is 0.553. The van der Waals surface area contributed by atoms with E-state index in [9.17, 15) is 4.79 Å². The van der Waals surface area contributed by atoms with Crippen LogP contribution in [0.4, 0.5) is 0 Å². The smallest absolute Gasteiger partial charge is 0.377 e. The van der Waals surface area contributed by atoms with Crippen molar-refractivity contribution in [3.63, 3.8) is 0 Å². The SMILES string of the molecule is CC(C)N1CCC(Cc2nc(C(=O)O)no2)C1. The fourth-order valence-electron chi connectivity index (χ4n) is 2.17. The second-order valence-corrected chi connectivity index (χ2v) is 4.76.